The first kappa shape index (κ1) is 19.9. The Hall–Kier alpha value is -2.38. The third-order valence-corrected chi connectivity index (χ3v) is 3.89. The fourth-order valence-corrected chi connectivity index (χ4v) is 2.40. The molecule has 5 atom stereocenters. The maximum atomic E-state index is 12.1. The van der Waals surface area contributed by atoms with E-state index in [1.807, 2.05) is 0 Å². The van der Waals surface area contributed by atoms with E-state index in [1.165, 1.54) is 12.3 Å². The molecule has 0 saturated carbocycles. The van der Waals surface area contributed by atoms with E-state index in [0.717, 1.165) is 4.57 Å². The van der Waals surface area contributed by atoms with Crippen LogP contribution in [0.4, 0.5) is 5.82 Å². The molecule has 12 heteroatoms. The Morgan fingerprint density at radius 3 is 2.62 bits per heavy atom. The smallest absolute Gasteiger partial charge is 0.351 e. The number of ether oxygens (including phenoxy) is 1. The summed E-state index contributed by atoms with van der Waals surface area (Å²) >= 11 is 0. The molecular weight excluding hydrogens is 352 g/mol. The van der Waals surface area contributed by atoms with Gasteiger partial charge in [0, 0.05) is 12.6 Å². The average molecular weight is 372 g/mol. The van der Waals surface area contributed by atoms with Gasteiger partial charge in [0.05, 0.1) is 6.61 Å². The number of rotatable bonds is 7. The summed E-state index contributed by atoms with van der Waals surface area (Å²) in [5.41, 5.74) is 4.43. The predicted molar refractivity (Wildman–Crippen MR) is 85.0 cm³/mol. The van der Waals surface area contributed by atoms with E-state index in [2.05, 4.69) is 10.3 Å². The van der Waals surface area contributed by atoms with Crippen molar-refractivity contribution in [3.05, 3.63) is 22.7 Å². The summed E-state index contributed by atoms with van der Waals surface area (Å²) < 4.78 is 6.14. The Labute approximate surface area is 146 Å². The van der Waals surface area contributed by atoms with E-state index >= 15 is 0 Å². The van der Waals surface area contributed by atoms with Crippen LogP contribution in [0, 0.1) is 0 Å². The molecule has 2 heterocycles. The highest BCUT2D eigenvalue weighted by Crippen LogP contribution is 2.28. The number of hydrogen-bond acceptors (Lipinski definition) is 9. The van der Waals surface area contributed by atoms with Gasteiger partial charge in [0.2, 0.25) is 5.91 Å². The van der Waals surface area contributed by atoms with Crippen LogP contribution >= 0.6 is 0 Å². The Balaban J connectivity index is 2.02. The molecule has 26 heavy (non-hydrogen) atoms. The number of hydrogen-bond donors (Lipinski definition) is 6. The molecule has 1 amide bonds. The minimum Gasteiger partial charge on any atom is -0.480 e. The molecule has 1 aliphatic rings. The first-order valence-electron chi connectivity index (χ1n) is 7.74. The number of nitrogens with one attached hydrogen (secondary N) is 1. The Morgan fingerprint density at radius 2 is 2.08 bits per heavy atom. The molecule has 12 nitrogen and oxygen atoms in total. The number of aliphatic carboxylic acids is 1. The number of carbonyl (C=O) groups excluding carboxylic acids is 1. The quantitative estimate of drug-likeness (QED) is 0.286. The Morgan fingerprint density at radius 1 is 1.38 bits per heavy atom. The van der Waals surface area contributed by atoms with E-state index in [4.69, 9.17) is 20.7 Å². The van der Waals surface area contributed by atoms with Crippen molar-refractivity contribution in [3.8, 4) is 0 Å². The Kier molecular flexibility index (Phi) is 6.39. The van der Waals surface area contributed by atoms with Gasteiger partial charge in [0.15, 0.2) is 6.23 Å². The van der Waals surface area contributed by atoms with E-state index in [0.29, 0.717) is 0 Å². The number of anilines is 1. The van der Waals surface area contributed by atoms with E-state index in [1.54, 1.807) is 0 Å². The third-order valence-electron chi connectivity index (χ3n) is 3.89. The summed E-state index contributed by atoms with van der Waals surface area (Å²) in [5, 5.41) is 39.7. The van der Waals surface area contributed by atoms with Crippen molar-refractivity contribution in [3.63, 3.8) is 0 Å². The van der Waals surface area contributed by atoms with Gasteiger partial charge in [0.25, 0.3) is 0 Å². The lowest BCUT2D eigenvalue weighted by atomic mass is 10.1. The molecule has 144 valence electrons. The summed E-state index contributed by atoms with van der Waals surface area (Å²) in [7, 11) is 0. The number of amides is 1. The molecule has 0 bridgehead atoms. The minimum atomic E-state index is -1.44. The number of nitrogens with two attached hydrogens (primary N) is 1. The molecule has 0 aliphatic carbocycles. The maximum absolute atomic E-state index is 12.1. The van der Waals surface area contributed by atoms with Crippen molar-refractivity contribution in [2.75, 3.05) is 11.9 Å². The van der Waals surface area contributed by atoms with E-state index in [9.17, 15) is 24.6 Å². The molecule has 1 saturated heterocycles. The molecule has 0 radical (unpaired) electrons. The number of carboxylic acid groups (broad SMARTS) is 1. The number of aliphatic hydroxyl groups excluding tert-OH is 3. The van der Waals surface area contributed by atoms with Crippen molar-refractivity contribution < 1.29 is 34.8 Å². The fourth-order valence-electron chi connectivity index (χ4n) is 2.40. The third kappa shape index (κ3) is 4.42. The maximum Gasteiger partial charge on any atom is 0.351 e. The average Bonchev–Trinajstić information content (AvgIpc) is 2.87. The molecule has 0 spiro atoms. The highest BCUT2D eigenvalue weighted by atomic mass is 16.6. The molecular formula is C14H20N4O8. The summed E-state index contributed by atoms with van der Waals surface area (Å²) in [6, 6.07) is 0.0964. The predicted octanol–water partition coefficient (Wildman–Crippen LogP) is -3.01. The van der Waals surface area contributed by atoms with Crippen molar-refractivity contribution in [1.29, 1.82) is 0 Å². The molecule has 1 aliphatic heterocycles. The number of carbonyl (C=O) groups is 2. The van der Waals surface area contributed by atoms with Crippen molar-refractivity contribution in [2.24, 2.45) is 5.73 Å². The van der Waals surface area contributed by atoms with Gasteiger partial charge in [-0.1, -0.05) is 0 Å². The topological polar surface area (TPSA) is 197 Å². The normalized spacial score (nSPS) is 26.5. The SMILES string of the molecule is NC(CCC(=O)Nc1ccn([C@@H]2O[C@H](CO)C(O)[C@H]2O)c(=O)n1)C(=O)O. The summed E-state index contributed by atoms with van der Waals surface area (Å²) in [4.78, 5) is 38.0. The lowest BCUT2D eigenvalue weighted by Crippen LogP contribution is -2.36. The zero-order chi connectivity index (χ0) is 19.4. The number of aromatic nitrogens is 2. The first-order valence-corrected chi connectivity index (χ1v) is 7.74. The zero-order valence-electron chi connectivity index (χ0n) is 13.6. The first-order chi connectivity index (χ1) is 12.2. The van der Waals surface area contributed by atoms with Crippen molar-refractivity contribution in [2.45, 2.75) is 43.4 Å². The molecule has 1 aromatic rings. The second-order valence-corrected chi connectivity index (χ2v) is 5.76. The number of carboxylic acids is 1. The van der Waals surface area contributed by atoms with Crippen LogP contribution < -0.4 is 16.7 Å². The van der Waals surface area contributed by atoms with Crippen LogP contribution in [0.5, 0.6) is 0 Å². The second-order valence-electron chi connectivity index (χ2n) is 5.76. The van der Waals surface area contributed by atoms with Crippen LogP contribution in [-0.2, 0) is 14.3 Å². The molecule has 0 aromatic carbocycles. The van der Waals surface area contributed by atoms with Crippen LogP contribution in [0.3, 0.4) is 0 Å². The summed E-state index contributed by atoms with van der Waals surface area (Å²) in [5.74, 6) is -1.87. The monoisotopic (exact) mass is 372 g/mol. The van der Waals surface area contributed by atoms with Gasteiger partial charge in [0.1, 0.15) is 30.2 Å². The lowest BCUT2D eigenvalue weighted by molar-refractivity contribution is -0.138. The van der Waals surface area contributed by atoms with Gasteiger partial charge < -0.3 is 36.2 Å². The van der Waals surface area contributed by atoms with Gasteiger partial charge in [-0.3, -0.25) is 14.2 Å². The van der Waals surface area contributed by atoms with Crippen LogP contribution in [-0.4, -0.2) is 72.8 Å². The van der Waals surface area contributed by atoms with E-state index in [-0.39, 0.29) is 18.7 Å². The zero-order valence-corrected chi connectivity index (χ0v) is 13.6. The van der Waals surface area contributed by atoms with Gasteiger partial charge in [-0.15, -0.1) is 0 Å². The molecule has 7 N–H and O–H groups in total. The molecule has 1 aromatic heterocycles. The van der Waals surface area contributed by atoms with Crippen molar-refractivity contribution >= 4 is 17.7 Å². The largest absolute Gasteiger partial charge is 0.480 e. The van der Waals surface area contributed by atoms with Crippen molar-refractivity contribution in [1.82, 2.24) is 9.55 Å². The van der Waals surface area contributed by atoms with Gasteiger partial charge in [-0.25, -0.2) is 4.79 Å². The summed E-state index contributed by atoms with van der Waals surface area (Å²) in [6.45, 7) is -0.538. The van der Waals surface area contributed by atoms with Crippen LogP contribution in [0.2, 0.25) is 0 Å². The van der Waals surface area contributed by atoms with E-state index < -0.39 is 54.8 Å². The standard InChI is InChI=1S/C14H20N4O8/c15-6(13(23)24)1-2-9(20)16-8-3-4-18(14(25)17-8)12-11(22)10(21)7(5-19)26-12/h3-4,6-7,10-12,19,21-22H,1-2,5,15H2,(H,23,24)(H,16,17,20,25)/t6?,7-,10?,11-,12-/m1/s1. The van der Waals surface area contributed by atoms with Gasteiger partial charge >= 0.3 is 11.7 Å². The minimum absolute atomic E-state index is 0.0770. The highest BCUT2D eigenvalue weighted by molar-refractivity contribution is 5.90. The number of aliphatic hydroxyl groups is 3. The highest BCUT2D eigenvalue weighted by Gasteiger charge is 2.43. The lowest BCUT2D eigenvalue weighted by Gasteiger charge is -2.17. The Bertz CT molecular complexity index is 723. The molecule has 2 rings (SSSR count). The molecule has 2 unspecified atom stereocenters. The van der Waals surface area contributed by atoms with Crippen LogP contribution in [0.15, 0.2) is 17.1 Å². The van der Waals surface area contributed by atoms with Crippen LogP contribution in [0.1, 0.15) is 19.1 Å². The molecule has 1 fully saturated rings. The second kappa shape index (κ2) is 8.33. The van der Waals surface area contributed by atoms with Gasteiger partial charge in [-0.05, 0) is 12.5 Å². The number of nitrogens with zero attached hydrogens (tertiary/aromatic N) is 2. The van der Waals surface area contributed by atoms with Crippen LogP contribution in [0.25, 0.3) is 0 Å². The van der Waals surface area contributed by atoms with Gasteiger partial charge in [-0.2, -0.15) is 4.98 Å². The fraction of sp³-hybridized carbons (Fsp3) is 0.571. The summed E-state index contributed by atoms with van der Waals surface area (Å²) in [6.07, 6.45) is -4.14.